The number of nitrogens with zero attached hydrogens (tertiary/aromatic N) is 3. The van der Waals surface area contributed by atoms with Crippen LogP contribution in [0.15, 0.2) is 48.5 Å². The number of unbranched alkanes of at least 4 members (excludes halogenated alkanes) is 3. The summed E-state index contributed by atoms with van der Waals surface area (Å²) >= 11 is 0. The van der Waals surface area contributed by atoms with Crippen molar-refractivity contribution in [3.63, 3.8) is 0 Å². The largest absolute Gasteiger partial charge is 0.497 e. The Morgan fingerprint density at radius 3 is 2.56 bits per heavy atom. The van der Waals surface area contributed by atoms with Crippen LogP contribution in [0.25, 0.3) is 0 Å². The highest BCUT2D eigenvalue weighted by atomic mass is 16.9. The van der Waals surface area contributed by atoms with Gasteiger partial charge in [-0.1, -0.05) is 56.9 Å². The van der Waals surface area contributed by atoms with Gasteiger partial charge in [-0.15, -0.1) is 10.1 Å². The Labute approximate surface area is 243 Å². The van der Waals surface area contributed by atoms with E-state index < -0.39 is 11.0 Å². The van der Waals surface area contributed by atoms with Crippen molar-refractivity contribution in [1.82, 2.24) is 10.2 Å². The number of amides is 1. The van der Waals surface area contributed by atoms with Crippen molar-refractivity contribution in [2.45, 2.75) is 64.3 Å². The zero-order valence-electron chi connectivity index (χ0n) is 24.5. The molecular weight excluding hydrogens is 524 g/mol. The number of carbonyl (C=O) groups excluding carboxylic acids is 1. The van der Waals surface area contributed by atoms with Crippen LogP contribution >= 0.6 is 0 Å². The number of nitrogens with one attached hydrogen (secondary N) is 1. The van der Waals surface area contributed by atoms with Crippen LogP contribution in [-0.4, -0.2) is 56.4 Å². The molecule has 0 fully saturated rings. The van der Waals surface area contributed by atoms with Crippen molar-refractivity contribution in [2.75, 3.05) is 40.5 Å². The van der Waals surface area contributed by atoms with Gasteiger partial charge in [-0.2, -0.15) is 5.26 Å². The highest BCUT2D eigenvalue weighted by Crippen LogP contribution is 2.30. The number of benzene rings is 2. The summed E-state index contributed by atoms with van der Waals surface area (Å²) in [5.74, 6) is 1.02. The molecule has 224 valence electrons. The van der Waals surface area contributed by atoms with Crippen LogP contribution in [0.3, 0.4) is 0 Å². The number of carbonyl (C=O) groups is 1. The third kappa shape index (κ3) is 13.4. The van der Waals surface area contributed by atoms with E-state index in [0.29, 0.717) is 5.75 Å². The van der Waals surface area contributed by atoms with Crippen LogP contribution < -0.4 is 14.8 Å². The van der Waals surface area contributed by atoms with Gasteiger partial charge in [0.25, 0.3) is 11.0 Å². The summed E-state index contributed by atoms with van der Waals surface area (Å²) in [5.41, 5.74) is 2.27. The topological polar surface area (TPSA) is 127 Å². The first-order valence-electron chi connectivity index (χ1n) is 14.4. The molecule has 2 aromatic carbocycles. The molecule has 0 heterocycles. The molecule has 0 radical (unpaired) electrons. The Bertz CT molecular complexity index is 1090. The lowest BCUT2D eigenvalue weighted by Gasteiger charge is -2.29. The lowest BCUT2D eigenvalue weighted by molar-refractivity contribution is -0.757. The molecule has 41 heavy (non-hydrogen) atoms. The van der Waals surface area contributed by atoms with E-state index in [9.17, 15) is 20.2 Å². The van der Waals surface area contributed by atoms with Crippen LogP contribution in [0, 0.1) is 27.4 Å². The minimum atomic E-state index is -0.899. The Morgan fingerprint density at radius 2 is 1.88 bits per heavy atom. The van der Waals surface area contributed by atoms with Gasteiger partial charge in [-0.25, -0.2) is 0 Å². The Balaban J connectivity index is 2.06. The minimum Gasteiger partial charge on any atom is -0.497 e. The average Bonchev–Trinajstić information content (AvgIpc) is 2.98. The van der Waals surface area contributed by atoms with E-state index in [2.05, 4.69) is 53.3 Å². The third-order valence-corrected chi connectivity index (χ3v) is 7.06. The van der Waals surface area contributed by atoms with Crippen molar-refractivity contribution in [3.05, 3.63) is 69.8 Å². The number of ether oxygens (including phenoxy) is 2. The first-order valence-corrected chi connectivity index (χ1v) is 14.4. The predicted octanol–water partition coefficient (Wildman–Crippen LogP) is 5.50. The van der Waals surface area contributed by atoms with Gasteiger partial charge >= 0.3 is 0 Å². The zero-order chi connectivity index (χ0) is 29.9. The zero-order valence-corrected chi connectivity index (χ0v) is 24.5. The van der Waals surface area contributed by atoms with Gasteiger partial charge in [0.2, 0.25) is 0 Å². The molecule has 0 aromatic heterocycles. The number of hydrogen-bond donors (Lipinski definition) is 1. The first-order chi connectivity index (χ1) is 19.9. The number of likely N-dealkylation sites (N-methyl/N-ethyl adjacent to an activating group) is 1. The highest BCUT2D eigenvalue weighted by molar-refractivity contribution is 5.77. The second-order valence-corrected chi connectivity index (χ2v) is 10.1. The molecule has 0 saturated carbocycles. The molecule has 2 rings (SSSR count). The fourth-order valence-corrected chi connectivity index (χ4v) is 4.67. The number of nitriles is 1. The normalized spacial score (nSPS) is 12.3. The smallest absolute Gasteiger partial charge is 0.294 e. The quantitative estimate of drug-likeness (QED) is 0.119. The van der Waals surface area contributed by atoms with E-state index in [-0.39, 0.29) is 31.7 Å². The second kappa shape index (κ2) is 19.3. The van der Waals surface area contributed by atoms with Crippen LogP contribution in [0.1, 0.15) is 69.0 Å². The molecule has 0 aliphatic heterocycles. The summed E-state index contributed by atoms with van der Waals surface area (Å²) in [6.07, 6.45) is 8.03. The van der Waals surface area contributed by atoms with E-state index in [1.54, 1.807) is 13.2 Å². The van der Waals surface area contributed by atoms with Gasteiger partial charge in [0.15, 0.2) is 6.61 Å². The fraction of sp³-hybridized carbons (Fsp3) is 0.548. The van der Waals surface area contributed by atoms with E-state index in [4.69, 9.17) is 9.47 Å². The van der Waals surface area contributed by atoms with Crippen LogP contribution in [-0.2, 0) is 16.1 Å². The average molecular weight is 569 g/mol. The molecule has 10 heteroatoms. The van der Waals surface area contributed by atoms with E-state index in [0.717, 1.165) is 56.4 Å². The molecule has 1 N–H and O–H groups in total. The molecule has 0 aliphatic carbocycles. The summed E-state index contributed by atoms with van der Waals surface area (Å²) in [7, 11) is 3.76. The van der Waals surface area contributed by atoms with Crippen LogP contribution in [0.5, 0.6) is 11.5 Å². The molecule has 10 nitrogen and oxygen atoms in total. The minimum absolute atomic E-state index is 0.0166. The monoisotopic (exact) mass is 568 g/mol. The van der Waals surface area contributed by atoms with Gasteiger partial charge in [0.1, 0.15) is 18.1 Å². The molecular formula is C31H44N4O6. The summed E-state index contributed by atoms with van der Waals surface area (Å²) in [6.45, 7) is 2.59. The summed E-state index contributed by atoms with van der Waals surface area (Å²) in [4.78, 5) is 28.8. The fourth-order valence-electron chi connectivity index (χ4n) is 4.67. The van der Waals surface area contributed by atoms with Crippen molar-refractivity contribution >= 4 is 5.91 Å². The van der Waals surface area contributed by atoms with E-state index in [1.807, 2.05) is 24.3 Å². The van der Waals surface area contributed by atoms with Gasteiger partial charge in [0.05, 0.1) is 13.2 Å². The maximum Gasteiger partial charge on any atom is 0.294 e. The van der Waals surface area contributed by atoms with E-state index in [1.165, 1.54) is 18.4 Å². The maximum absolute atomic E-state index is 12.1. The Morgan fingerprint density at radius 1 is 1.10 bits per heavy atom. The summed E-state index contributed by atoms with van der Waals surface area (Å²) < 4.78 is 11.0. The van der Waals surface area contributed by atoms with Crippen LogP contribution in [0.2, 0.25) is 0 Å². The summed E-state index contributed by atoms with van der Waals surface area (Å²) in [5, 5.41) is 21.6. The van der Waals surface area contributed by atoms with Gasteiger partial charge in [-0.3, -0.25) is 9.69 Å². The molecule has 0 saturated heterocycles. The van der Waals surface area contributed by atoms with Crippen molar-refractivity contribution in [1.29, 1.82) is 5.26 Å². The molecule has 2 unspecified atom stereocenters. The predicted molar refractivity (Wildman–Crippen MR) is 157 cm³/mol. The lowest BCUT2D eigenvalue weighted by atomic mass is 9.92. The second-order valence-electron chi connectivity index (χ2n) is 10.1. The lowest BCUT2D eigenvalue weighted by Crippen LogP contribution is -2.32. The van der Waals surface area contributed by atoms with Crippen molar-refractivity contribution in [2.24, 2.45) is 5.92 Å². The number of methoxy groups -OCH3 is 1. The molecule has 0 bridgehead atoms. The molecule has 1 amide bonds. The SMILES string of the molecule is CCCCCCC(C#N)CCC(c1cccc(OCC(=O)NCCO[N+](=O)[O-])c1)N(C)CCc1ccc(OC)cc1. The number of rotatable bonds is 21. The van der Waals surface area contributed by atoms with Crippen molar-refractivity contribution in [3.8, 4) is 17.6 Å². The standard InChI is InChI=1S/C31H44N4O6/c1-4-5-6-7-9-26(23-32)14-17-30(34(2)20-18-25-12-15-28(39-3)16-13-25)27-10-8-11-29(22-27)40-24-31(36)33-19-21-41-35(37)38/h8,10-13,15-16,22,26,30H,4-7,9,14,17-21,24H2,1-3H3,(H,33,36). The van der Waals surface area contributed by atoms with Gasteiger partial charge in [0, 0.05) is 25.0 Å². The molecule has 2 atom stereocenters. The van der Waals surface area contributed by atoms with E-state index >= 15 is 0 Å². The Kier molecular flexibility index (Phi) is 15.7. The molecule has 0 aliphatic rings. The highest BCUT2D eigenvalue weighted by Gasteiger charge is 2.20. The molecule has 0 spiro atoms. The van der Waals surface area contributed by atoms with Gasteiger partial charge < -0.3 is 19.6 Å². The Hall–Kier alpha value is -3.84. The first kappa shape index (κ1) is 33.4. The molecule has 2 aromatic rings. The maximum atomic E-state index is 12.1. The third-order valence-electron chi connectivity index (χ3n) is 7.06. The summed E-state index contributed by atoms with van der Waals surface area (Å²) in [6, 6.07) is 18.4. The number of hydrogen-bond acceptors (Lipinski definition) is 8. The van der Waals surface area contributed by atoms with Crippen molar-refractivity contribution < 1.29 is 24.2 Å². The van der Waals surface area contributed by atoms with Crippen LogP contribution in [0.4, 0.5) is 0 Å². The van der Waals surface area contributed by atoms with Gasteiger partial charge in [-0.05, 0) is 68.1 Å².